The van der Waals surface area contributed by atoms with Gasteiger partial charge in [-0.15, -0.1) is 11.3 Å². The van der Waals surface area contributed by atoms with Crippen LogP contribution in [-0.2, 0) is 29.0 Å². The molecule has 1 N–H and O–H groups in total. The largest absolute Gasteiger partial charge is 0.378 e. The van der Waals surface area contributed by atoms with Gasteiger partial charge in [0, 0.05) is 19.0 Å². The lowest BCUT2D eigenvalue weighted by atomic mass is 10.1. The summed E-state index contributed by atoms with van der Waals surface area (Å²) in [4.78, 5) is 16.1. The highest BCUT2D eigenvalue weighted by Crippen LogP contribution is 2.11. The summed E-state index contributed by atoms with van der Waals surface area (Å²) in [5.74, 6) is -0.315. The molecule has 2 aromatic rings. The second-order valence-electron chi connectivity index (χ2n) is 4.57. The highest BCUT2D eigenvalue weighted by molar-refractivity contribution is 7.09. The second kappa shape index (κ2) is 7.85. The molecule has 0 aliphatic carbocycles. The molecule has 6 heteroatoms. The van der Waals surface area contributed by atoms with Gasteiger partial charge in [-0.25, -0.2) is 9.37 Å². The Kier molecular flexibility index (Phi) is 5.83. The average Bonchev–Trinajstić information content (AvgIpc) is 2.89. The van der Waals surface area contributed by atoms with E-state index in [1.54, 1.807) is 19.2 Å². The zero-order valence-electron chi connectivity index (χ0n) is 11.8. The minimum Gasteiger partial charge on any atom is -0.378 e. The maximum atomic E-state index is 12.8. The van der Waals surface area contributed by atoms with Gasteiger partial charge in [-0.05, 0) is 24.1 Å². The molecule has 0 radical (unpaired) electrons. The molecule has 0 aliphatic heterocycles. The van der Waals surface area contributed by atoms with Crippen molar-refractivity contribution in [1.29, 1.82) is 0 Å². The molecule has 21 heavy (non-hydrogen) atoms. The lowest BCUT2D eigenvalue weighted by Crippen LogP contribution is -2.27. The van der Waals surface area contributed by atoms with Crippen molar-refractivity contribution in [3.05, 3.63) is 51.7 Å². The minimum absolute atomic E-state index is 0.0635. The van der Waals surface area contributed by atoms with Crippen molar-refractivity contribution < 1.29 is 13.9 Å². The smallest absolute Gasteiger partial charge is 0.226 e. The van der Waals surface area contributed by atoms with Crippen LogP contribution in [0.5, 0.6) is 0 Å². The van der Waals surface area contributed by atoms with E-state index in [1.807, 2.05) is 5.38 Å². The van der Waals surface area contributed by atoms with Crippen molar-refractivity contribution in [3.63, 3.8) is 0 Å². The fourth-order valence-electron chi connectivity index (χ4n) is 1.84. The van der Waals surface area contributed by atoms with Crippen molar-refractivity contribution in [2.75, 3.05) is 13.7 Å². The van der Waals surface area contributed by atoms with Crippen LogP contribution in [-0.4, -0.2) is 24.5 Å². The number of nitrogens with one attached hydrogen (secondary N) is 1. The Hall–Kier alpha value is -1.79. The number of hydrogen-bond acceptors (Lipinski definition) is 4. The van der Waals surface area contributed by atoms with Crippen LogP contribution in [0.3, 0.4) is 0 Å². The lowest BCUT2D eigenvalue weighted by Gasteiger charge is -2.04. The zero-order chi connectivity index (χ0) is 15.1. The third kappa shape index (κ3) is 5.24. The Morgan fingerprint density at radius 3 is 2.86 bits per heavy atom. The third-order valence-electron chi connectivity index (χ3n) is 2.86. The van der Waals surface area contributed by atoms with Crippen molar-refractivity contribution in [2.45, 2.75) is 19.4 Å². The van der Waals surface area contributed by atoms with Gasteiger partial charge in [-0.3, -0.25) is 4.79 Å². The summed E-state index contributed by atoms with van der Waals surface area (Å²) in [7, 11) is 1.61. The van der Waals surface area contributed by atoms with E-state index in [9.17, 15) is 9.18 Å². The van der Waals surface area contributed by atoms with E-state index in [0.717, 1.165) is 16.3 Å². The number of carbonyl (C=O) groups is 1. The van der Waals surface area contributed by atoms with Gasteiger partial charge in [0.25, 0.3) is 0 Å². The molecule has 112 valence electrons. The number of benzene rings is 1. The first-order valence-corrected chi connectivity index (χ1v) is 7.48. The molecular formula is C15H17FN2O2S. The lowest BCUT2D eigenvalue weighted by molar-refractivity contribution is -0.120. The maximum absolute atomic E-state index is 12.8. The van der Waals surface area contributed by atoms with Gasteiger partial charge >= 0.3 is 0 Å². The van der Waals surface area contributed by atoms with Crippen LogP contribution >= 0.6 is 11.3 Å². The molecule has 0 saturated heterocycles. The van der Waals surface area contributed by atoms with E-state index in [2.05, 4.69) is 10.3 Å². The van der Waals surface area contributed by atoms with Crippen LogP contribution in [0.25, 0.3) is 0 Å². The van der Waals surface area contributed by atoms with Gasteiger partial charge in [0.2, 0.25) is 5.91 Å². The van der Waals surface area contributed by atoms with Crippen LogP contribution in [0, 0.1) is 5.82 Å². The number of aromatic nitrogens is 1. The van der Waals surface area contributed by atoms with Crippen LogP contribution < -0.4 is 5.32 Å². The molecule has 0 spiro atoms. The Labute approximate surface area is 127 Å². The third-order valence-corrected chi connectivity index (χ3v) is 3.73. The summed E-state index contributed by atoms with van der Waals surface area (Å²) in [6.45, 7) is 0.996. The number of amides is 1. The molecule has 0 bridgehead atoms. The number of hydrogen-bond donors (Lipinski definition) is 1. The summed E-state index contributed by atoms with van der Waals surface area (Å²) in [5, 5.41) is 5.57. The molecule has 2 rings (SSSR count). The van der Waals surface area contributed by atoms with E-state index >= 15 is 0 Å². The van der Waals surface area contributed by atoms with Crippen LogP contribution in [0.1, 0.15) is 16.3 Å². The Balaban J connectivity index is 1.72. The Morgan fingerprint density at radius 2 is 2.14 bits per heavy atom. The molecule has 1 aromatic heterocycles. The molecule has 0 unspecified atom stereocenters. The quantitative estimate of drug-likeness (QED) is 0.854. The summed E-state index contributed by atoms with van der Waals surface area (Å²) < 4.78 is 17.7. The summed E-state index contributed by atoms with van der Waals surface area (Å²) in [5.41, 5.74) is 1.75. The fourth-order valence-corrected chi connectivity index (χ4v) is 2.61. The maximum Gasteiger partial charge on any atom is 0.226 e. The highest BCUT2D eigenvalue weighted by atomic mass is 32.1. The Bertz CT molecular complexity index is 584. The standard InChI is InChI=1S/C15H17FN2O2S/c1-20-9-15-18-13(10-21-15)8-14(19)17-7-6-11-2-4-12(16)5-3-11/h2-5,10H,6-9H2,1H3,(H,17,19). The number of nitrogens with zero attached hydrogens (tertiary/aromatic N) is 1. The molecule has 0 fully saturated rings. The summed E-state index contributed by atoms with van der Waals surface area (Å²) in [6, 6.07) is 6.28. The highest BCUT2D eigenvalue weighted by Gasteiger charge is 2.07. The molecule has 0 atom stereocenters. The van der Waals surface area contributed by atoms with Gasteiger partial charge < -0.3 is 10.1 Å². The van der Waals surface area contributed by atoms with Crippen molar-refractivity contribution in [1.82, 2.24) is 10.3 Å². The monoisotopic (exact) mass is 308 g/mol. The average molecular weight is 308 g/mol. The van der Waals surface area contributed by atoms with Crippen molar-refractivity contribution >= 4 is 17.2 Å². The number of rotatable bonds is 7. The molecule has 0 aliphatic rings. The van der Waals surface area contributed by atoms with Crippen molar-refractivity contribution in [3.8, 4) is 0 Å². The van der Waals surface area contributed by atoms with E-state index in [4.69, 9.17) is 4.74 Å². The van der Waals surface area contributed by atoms with Crippen LogP contribution in [0.15, 0.2) is 29.6 Å². The van der Waals surface area contributed by atoms with Gasteiger partial charge in [-0.2, -0.15) is 0 Å². The fraction of sp³-hybridized carbons (Fsp3) is 0.333. The van der Waals surface area contributed by atoms with Crippen molar-refractivity contribution in [2.24, 2.45) is 0 Å². The number of halogens is 1. The molecule has 1 amide bonds. The first kappa shape index (κ1) is 15.6. The Morgan fingerprint density at radius 1 is 1.38 bits per heavy atom. The van der Waals surface area contributed by atoms with Gasteiger partial charge in [0.05, 0.1) is 18.7 Å². The molecular weight excluding hydrogens is 291 g/mol. The predicted octanol–water partition coefficient (Wildman–Crippen LogP) is 2.33. The first-order chi connectivity index (χ1) is 10.2. The van der Waals surface area contributed by atoms with Gasteiger partial charge in [0.1, 0.15) is 10.8 Å². The number of ether oxygens (including phenoxy) is 1. The van der Waals surface area contributed by atoms with E-state index in [-0.39, 0.29) is 18.1 Å². The molecule has 1 heterocycles. The SMILES string of the molecule is COCc1nc(CC(=O)NCCc2ccc(F)cc2)cs1. The van der Waals surface area contributed by atoms with E-state index in [0.29, 0.717) is 19.6 Å². The van der Waals surface area contributed by atoms with Gasteiger partial charge in [-0.1, -0.05) is 12.1 Å². The number of methoxy groups -OCH3 is 1. The molecule has 0 saturated carbocycles. The zero-order valence-corrected chi connectivity index (χ0v) is 12.6. The normalized spacial score (nSPS) is 10.6. The summed E-state index contributed by atoms with van der Waals surface area (Å²) >= 11 is 1.49. The van der Waals surface area contributed by atoms with E-state index < -0.39 is 0 Å². The predicted molar refractivity (Wildman–Crippen MR) is 79.6 cm³/mol. The number of thiazole rings is 1. The van der Waals surface area contributed by atoms with Crippen LogP contribution in [0.2, 0.25) is 0 Å². The molecule has 4 nitrogen and oxygen atoms in total. The minimum atomic E-state index is -0.252. The topological polar surface area (TPSA) is 51.2 Å². The summed E-state index contributed by atoms with van der Waals surface area (Å²) in [6.07, 6.45) is 0.946. The number of carbonyl (C=O) groups excluding carboxylic acids is 1. The second-order valence-corrected chi connectivity index (χ2v) is 5.51. The molecule has 1 aromatic carbocycles. The van der Waals surface area contributed by atoms with E-state index in [1.165, 1.54) is 23.5 Å². The van der Waals surface area contributed by atoms with Gasteiger partial charge in [0.15, 0.2) is 0 Å². The first-order valence-electron chi connectivity index (χ1n) is 6.60. The van der Waals surface area contributed by atoms with Crippen LogP contribution in [0.4, 0.5) is 4.39 Å².